The third-order valence-electron chi connectivity index (χ3n) is 3.50. The van der Waals surface area contributed by atoms with E-state index in [0.717, 1.165) is 16.8 Å². The molecule has 1 aromatic heterocycles. The van der Waals surface area contributed by atoms with Crippen LogP contribution in [0.15, 0.2) is 47.7 Å². The number of benzene rings is 1. The molecule has 5 heteroatoms. The summed E-state index contributed by atoms with van der Waals surface area (Å²) in [6.45, 7) is 2.05. The Morgan fingerprint density at radius 1 is 1.20 bits per heavy atom. The SMILES string of the molecule is CC1(c2ccc(Cl)nc2)CC(c2ccc(F)cc2)=NN1. The Balaban J connectivity index is 1.84. The first-order valence-corrected chi connectivity index (χ1v) is 6.66. The van der Waals surface area contributed by atoms with Crippen molar-refractivity contribution in [2.75, 3.05) is 0 Å². The Bertz CT molecular complexity index is 652. The molecular formula is C15H13ClFN3. The molecular weight excluding hydrogens is 277 g/mol. The average Bonchev–Trinajstić information content (AvgIpc) is 2.84. The Hall–Kier alpha value is -1.94. The van der Waals surface area contributed by atoms with Crippen LogP contribution in [-0.2, 0) is 5.54 Å². The zero-order valence-corrected chi connectivity index (χ0v) is 11.7. The summed E-state index contributed by atoms with van der Waals surface area (Å²) >= 11 is 5.81. The van der Waals surface area contributed by atoms with E-state index in [4.69, 9.17) is 11.6 Å². The Labute approximate surface area is 121 Å². The summed E-state index contributed by atoms with van der Waals surface area (Å²) in [6.07, 6.45) is 2.46. The molecule has 102 valence electrons. The first-order chi connectivity index (χ1) is 9.57. The van der Waals surface area contributed by atoms with Crippen molar-refractivity contribution in [3.63, 3.8) is 0 Å². The van der Waals surface area contributed by atoms with E-state index in [-0.39, 0.29) is 11.4 Å². The van der Waals surface area contributed by atoms with Crippen molar-refractivity contribution in [1.82, 2.24) is 10.4 Å². The molecule has 3 nitrogen and oxygen atoms in total. The minimum atomic E-state index is -0.318. The highest BCUT2D eigenvalue weighted by Crippen LogP contribution is 2.30. The highest BCUT2D eigenvalue weighted by Gasteiger charge is 2.33. The van der Waals surface area contributed by atoms with Crippen molar-refractivity contribution in [2.45, 2.75) is 18.9 Å². The number of nitrogens with zero attached hydrogens (tertiary/aromatic N) is 2. The number of pyridine rings is 1. The summed E-state index contributed by atoms with van der Waals surface area (Å²) in [5, 5.41) is 4.84. The number of nitrogens with one attached hydrogen (secondary N) is 1. The highest BCUT2D eigenvalue weighted by atomic mass is 35.5. The molecule has 3 rings (SSSR count). The van der Waals surface area contributed by atoms with Gasteiger partial charge in [0.15, 0.2) is 0 Å². The van der Waals surface area contributed by atoms with Gasteiger partial charge in [-0.05, 0) is 36.2 Å². The van der Waals surface area contributed by atoms with Crippen LogP contribution < -0.4 is 5.43 Å². The lowest BCUT2D eigenvalue weighted by Crippen LogP contribution is -2.32. The first-order valence-electron chi connectivity index (χ1n) is 6.28. The third kappa shape index (κ3) is 2.39. The Morgan fingerprint density at radius 3 is 2.60 bits per heavy atom. The van der Waals surface area contributed by atoms with Gasteiger partial charge in [-0.3, -0.25) is 5.43 Å². The molecule has 0 aliphatic carbocycles. The molecule has 2 aromatic rings. The number of halogens is 2. The van der Waals surface area contributed by atoms with E-state index in [0.29, 0.717) is 11.6 Å². The van der Waals surface area contributed by atoms with Gasteiger partial charge in [-0.2, -0.15) is 5.10 Å². The molecule has 0 saturated carbocycles. The lowest BCUT2D eigenvalue weighted by molar-refractivity contribution is 0.420. The van der Waals surface area contributed by atoms with Gasteiger partial charge < -0.3 is 0 Å². The number of hydrogen-bond donors (Lipinski definition) is 1. The van der Waals surface area contributed by atoms with Crippen LogP contribution in [0.5, 0.6) is 0 Å². The van der Waals surface area contributed by atoms with E-state index in [1.54, 1.807) is 24.4 Å². The fourth-order valence-corrected chi connectivity index (χ4v) is 2.39. The van der Waals surface area contributed by atoms with Gasteiger partial charge in [-0.25, -0.2) is 9.37 Å². The normalized spacial score (nSPS) is 21.4. The van der Waals surface area contributed by atoms with Crippen molar-refractivity contribution < 1.29 is 4.39 Å². The summed E-state index contributed by atoms with van der Waals surface area (Å²) in [5.74, 6) is -0.245. The molecule has 2 heterocycles. The quantitative estimate of drug-likeness (QED) is 0.859. The van der Waals surface area contributed by atoms with Gasteiger partial charge in [-0.15, -0.1) is 0 Å². The van der Waals surface area contributed by atoms with E-state index in [1.165, 1.54) is 12.1 Å². The Morgan fingerprint density at radius 2 is 1.95 bits per heavy atom. The summed E-state index contributed by atoms with van der Waals surface area (Å²) in [7, 11) is 0. The number of rotatable bonds is 2. The van der Waals surface area contributed by atoms with Gasteiger partial charge in [0.05, 0.1) is 11.3 Å². The average molecular weight is 290 g/mol. The molecule has 1 atom stereocenters. The fraction of sp³-hybridized carbons (Fsp3) is 0.200. The number of hydrogen-bond acceptors (Lipinski definition) is 3. The van der Waals surface area contributed by atoms with Gasteiger partial charge in [-0.1, -0.05) is 29.8 Å². The van der Waals surface area contributed by atoms with Crippen LogP contribution in [0.4, 0.5) is 4.39 Å². The van der Waals surface area contributed by atoms with Crippen molar-refractivity contribution in [2.24, 2.45) is 5.10 Å². The number of hydrazone groups is 1. The van der Waals surface area contributed by atoms with Gasteiger partial charge in [0.2, 0.25) is 0 Å². The van der Waals surface area contributed by atoms with Crippen molar-refractivity contribution >= 4 is 17.3 Å². The standard InChI is InChI=1S/C15H13ClFN3/c1-15(11-4-7-14(16)18-9-11)8-13(19-20-15)10-2-5-12(17)6-3-10/h2-7,9,20H,8H2,1H3. The van der Waals surface area contributed by atoms with E-state index in [1.807, 2.05) is 6.07 Å². The van der Waals surface area contributed by atoms with Gasteiger partial charge in [0.1, 0.15) is 11.0 Å². The van der Waals surface area contributed by atoms with Crippen molar-refractivity contribution in [3.8, 4) is 0 Å². The van der Waals surface area contributed by atoms with Gasteiger partial charge >= 0.3 is 0 Å². The molecule has 0 saturated heterocycles. The lowest BCUT2D eigenvalue weighted by Gasteiger charge is -2.23. The molecule has 1 aromatic carbocycles. The number of aromatic nitrogens is 1. The maximum absolute atomic E-state index is 13.0. The van der Waals surface area contributed by atoms with E-state index < -0.39 is 0 Å². The smallest absolute Gasteiger partial charge is 0.129 e. The molecule has 1 aliphatic rings. The summed E-state index contributed by atoms with van der Waals surface area (Å²) in [6, 6.07) is 10.1. The minimum absolute atomic E-state index is 0.245. The maximum Gasteiger partial charge on any atom is 0.129 e. The van der Waals surface area contributed by atoms with E-state index in [2.05, 4.69) is 22.4 Å². The summed E-state index contributed by atoms with van der Waals surface area (Å²) < 4.78 is 13.0. The lowest BCUT2D eigenvalue weighted by atomic mass is 9.88. The molecule has 1 unspecified atom stereocenters. The fourth-order valence-electron chi connectivity index (χ4n) is 2.28. The third-order valence-corrected chi connectivity index (χ3v) is 3.72. The van der Waals surface area contributed by atoms with Crippen LogP contribution in [0.1, 0.15) is 24.5 Å². The topological polar surface area (TPSA) is 37.3 Å². The zero-order valence-electron chi connectivity index (χ0n) is 10.9. The molecule has 0 fully saturated rings. The van der Waals surface area contributed by atoms with Crippen LogP contribution in [0.2, 0.25) is 5.15 Å². The van der Waals surface area contributed by atoms with E-state index in [9.17, 15) is 4.39 Å². The second-order valence-corrected chi connectivity index (χ2v) is 5.44. The van der Waals surface area contributed by atoms with Crippen LogP contribution in [-0.4, -0.2) is 10.7 Å². The summed E-state index contributed by atoms with van der Waals surface area (Å²) in [5.41, 5.74) is 5.67. The minimum Gasteiger partial charge on any atom is -0.299 e. The largest absolute Gasteiger partial charge is 0.299 e. The highest BCUT2D eigenvalue weighted by molar-refractivity contribution is 6.29. The van der Waals surface area contributed by atoms with Crippen molar-refractivity contribution in [3.05, 3.63) is 64.7 Å². The molecule has 0 amide bonds. The van der Waals surface area contributed by atoms with Crippen LogP contribution in [0, 0.1) is 5.82 Å². The van der Waals surface area contributed by atoms with Crippen LogP contribution >= 0.6 is 11.6 Å². The molecule has 1 N–H and O–H groups in total. The predicted octanol–water partition coefficient (Wildman–Crippen LogP) is 3.49. The predicted molar refractivity (Wildman–Crippen MR) is 77.3 cm³/mol. The zero-order chi connectivity index (χ0) is 14.2. The molecule has 0 radical (unpaired) electrons. The molecule has 0 bridgehead atoms. The summed E-state index contributed by atoms with van der Waals surface area (Å²) in [4.78, 5) is 4.10. The van der Waals surface area contributed by atoms with Gasteiger partial charge in [0, 0.05) is 12.6 Å². The molecule has 20 heavy (non-hydrogen) atoms. The van der Waals surface area contributed by atoms with E-state index >= 15 is 0 Å². The molecule has 1 aliphatic heterocycles. The van der Waals surface area contributed by atoms with Crippen molar-refractivity contribution in [1.29, 1.82) is 0 Å². The van der Waals surface area contributed by atoms with Crippen LogP contribution in [0.25, 0.3) is 0 Å². The Kier molecular flexibility index (Phi) is 3.18. The van der Waals surface area contributed by atoms with Gasteiger partial charge in [0.25, 0.3) is 0 Å². The second kappa shape index (κ2) is 4.87. The monoisotopic (exact) mass is 289 g/mol. The second-order valence-electron chi connectivity index (χ2n) is 5.06. The maximum atomic E-state index is 13.0. The van der Waals surface area contributed by atoms with Crippen LogP contribution in [0.3, 0.4) is 0 Å². The first kappa shape index (κ1) is 13.1. The molecule has 0 spiro atoms.